The Kier molecular flexibility index (Phi) is 4.65. The van der Waals surface area contributed by atoms with Crippen molar-refractivity contribution >= 4 is 17.8 Å². The Morgan fingerprint density at radius 1 is 1.09 bits per heavy atom. The van der Waals surface area contributed by atoms with Gasteiger partial charge in [0.25, 0.3) is 0 Å². The van der Waals surface area contributed by atoms with Crippen molar-refractivity contribution in [1.82, 2.24) is 19.7 Å². The van der Waals surface area contributed by atoms with Crippen molar-refractivity contribution in [3.8, 4) is 5.82 Å². The molecular weight excluding hydrogens is 292 g/mol. The molecule has 0 aliphatic rings. The van der Waals surface area contributed by atoms with Crippen LogP contribution < -0.4 is 0 Å². The lowest BCUT2D eigenvalue weighted by Gasteiger charge is -2.03. The van der Waals surface area contributed by atoms with Gasteiger partial charge in [-0.3, -0.25) is 4.57 Å². The van der Waals surface area contributed by atoms with Crippen LogP contribution in [0.25, 0.3) is 11.9 Å². The molecule has 4 nitrogen and oxygen atoms in total. The van der Waals surface area contributed by atoms with Gasteiger partial charge in [-0.2, -0.15) is 0 Å². The highest BCUT2D eigenvalue weighted by atomic mass is 32.2. The molecule has 110 valence electrons. The van der Waals surface area contributed by atoms with Crippen LogP contribution in [0.15, 0.2) is 66.0 Å². The molecule has 0 atom stereocenters. The Labute approximate surface area is 133 Å². The first kappa shape index (κ1) is 14.5. The summed E-state index contributed by atoms with van der Waals surface area (Å²) in [5.41, 5.74) is 1.21. The summed E-state index contributed by atoms with van der Waals surface area (Å²) >= 11 is 1.66. The third kappa shape index (κ3) is 3.62. The number of rotatable bonds is 5. The van der Waals surface area contributed by atoms with Crippen molar-refractivity contribution in [3.63, 3.8) is 0 Å². The van der Waals surface area contributed by atoms with Crippen LogP contribution in [0.5, 0.6) is 0 Å². The number of aryl methyl sites for hydroxylation is 1. The van der Waals surface area contributed by atoms with Gasteiger partial charge in [0.1, 0.15) is 10.9 Å². The molecule has 0 bridgehead atoms. The number of hydrogen-bond donors (Lipinski definition) is 0. The highest BCUT2D eigenvalue weighted by molar-refractivity contribution is 7.99. The summed E-state index contributed by atoms with van der Waals surface area (Å²) in [7, 11) is 0. The summed E-state index contributed by atoms with van der Waals surface area (Å²) < 4.78 is 1.91. The van der Waals surface area contributed by atoms with Crippen LogP contribution in [0.4, 0.5) is 0 Å². The monoisotopic (exact) mass is 308 g/mol. The van der Waals surface area contributed by atoms with E-state index in [1.807, 2.05) is 48.0 Å². The molecule has 5 heteroatoms. The summed E-state index contributed by atoms with van der Waals surface area (Å²) in [6, 6.07) is 14.2. The molecule has 2 heterocycles. The summed E-state index contributed by atoms with van der Waals surface area (Å²) in [6.07, 6.45) is 7.89. The molecule has 22 heavy (non-hydrogen) atoms. The summed E-state index contributed by atoms with van der Waals surface area (Å²) in [5.74, 6) is 2.56. The standard InChI is InChI=1S/C17H16N4S/c1-14-18-11-12-21(14)16-9-10-17(20-19-16)22-13-5-8-15-6-3-2-4-7-15/h2-12H,13H2,1H3/b8-5+. The fourth-order valence-corrected chi connectivity index (χ4v) is 2.65. The van der Waals surface area contributed by atoms with Crippen LogP contribution in [-0.2, 0) is 0 Å². The Morgan fingerprint density at radius 2 is 1.95 bits per heavy atom. The van der Waals surface area contributed by atoms with Crippen molar-refractivity contribution < 1.29 is 0 Å². The first-order valence-corrected chi connectivity index (χ1v) is 8.00. The fourth-order valence-electron chi connectivity index (χ4n) is 2.02. The average Bonchev–Trinajstić information content (AvgIpc) is 2.99. The van der Waals surface area contributed by atoms with E-state index < -0.39 is 0 Å². The van der Waals surface area contributed by atoms with E-state index >= 15 is 0 Å². The van der Waals surface area contributed by atoms with Crippen LogP contribution in [0.1, 0.15) is 11.4 Å². The van der Waals surface area contributed by atoms with Gasteiger partial charge in [-0.1, -0.05) is 42.5 Å². The number of imidazole rings is 1. The quantitative estimate of drug-likeness (QED) is 0.673. The first-order valence-electron chi connectivity index (χ1n) is 7.01. The van der Waals surface area contributed by atoms with Crippen molar-refractivity contribution in [2.45, 2.75) is 11.9 Å². The van der Waals surface area contributed by atoms with Crippen LogP contribution in [0, 0.1) is 6.92 Å². The lowest BCUT2D eigenvalue weighted by molar-refractivity contribution is 0.842. The maximum atomic E-state index is 4.25. The van der Waals surface area contributed by atoms with Crippen LogP contribution in [-0.4, -0.2) is 25.5 Å². The zero-order valence-corrected chi connectivity index (χ0v) is 13.1. The number of hydrogen-bond acceptors (Lipinski definition) is 4. The van der Waals surface area contributed by atoms with Gasteiger partial charge in [0, 0.05) is 18.1 Å². The van der Waals surface area contributed by atoms with Gasteiger partial charge in [-0.05, 0) is 24.6 Å². The zero-order valence-electron chi connectivity index (χ0n) is 12.3. The van der Waals surface area contributed by atoms with E-state index in [4.69, 9.17) is 0 Å². The molecular formula is C17H16N4S. The Balaban J connectivity index is 1.58. The SMILES string of the molecule is Cc1nccn1-c1ccc(SC/C=C/c2ccccc2)nn1. The zero-order chi connectivity index (χ0) is 15.2. The van der Waals surface area contributed by atoms with Gasteiger partial charge in [-0.25, -0.2) is 4.98 Å². The molecule has 0 saturated carbocycles. The molecule has 0 saturated heterocycles. The minimum absolute atomic E-state index is 0.791. The summed E-state index contributed by atoms with van der Waals surface area (Å²) in [6.45, 7) is 1.94. The topological polar surface area (TPSA) is 43.6 Å². The van der Waals surface area contributed by atoms with E-state index in [0.29, 0.717) is 0 Å². The Hall–Kier alpha value is -2.40. The fraction of sp³-hybridized carbons (Fsp3) is 0.118. The molecule has 0 aliphatic heterocycles. The molecule has 0 fully saturated rings. The molecule has 0 spiro atoms. The largest absolute Gasteiger partial charge is 0.287 e. The van der Waals surface area contributed by atoms with Crippen molar-refractivity contribution in [2.75, 3.05) is 5.75 Å². The van der Waals surface area contributed by atoms with E-state index in [0.717, 1.165) is 22.4 Å². The van der Waals surface area contributed by atoms with Crippen molar-refractivity contribution in [2.24, 2.45) is 0 Å². The molecule has 0 N–H and O–H groups in total. The predicted molar refractivity (Wildman–Crippen MR) is 90.1 cm³/mol. The summed E-state index contributed by atoms with van der Waals surface area (Å²) in [5, 5.41) is 9.41. The highest BCUT2D eigenvalue weighted by Crippen LogP contribution is 2.16. The van der Waals surface area contributed by atoms with E-state index in [-0.39, 0.29) is 0 Å². The van der Waals surface area contributed by atoms with Crippen LogP contribution >= 0.6 is 11.8 Å². The van der Waals surface area contributed by atoms with Crippen molar-refractivity contribution in [3.05, 3.63) is 72.3 Å². The highest BCUT2D eigenvalue weighted by Gasteiger charge is 2.02. The molecule has 0 radical (unpaired) electrons. The van der Waals surface area contributed by atoms with Gasteiger partial charge >= 0.3 is 0 Å². The van der Waals surface area contributed by atoms with Gasteiger partial charge in [-0.15, -0.1) is 22.0 Å². The van der Waals surface area contributed by atoms with E-state index in [1.165, 1.54) is 5.56 Å². The summed E-state index contributed by atoms with van der Waals surface area (Å²) in [4.78, 5) is 4.19. The molecule has 2 aromatic heterocycles. The van der Waals surface area contributed by atoms with Gasteiger partial charge in [0.2, 0.25) is 0 Å². The average molecular weight is 308 g/mol. The lowest BCUT2D eigenvalue weighted by atomic mass is 10.2. The second-order valence-corrected chi connectivity index (χ2v) is 5.74. The number of thioether (sulfide) groups is 1. The molecule has 1 aromatic carbocycles. The maximum absolute atomic E-state index is 4.25. The molecule has 0 amide bonds. The Morgan fingerprint density at radius 3 is 2.64 bits per heavy atom. The first-order chi connectivity index (χ1) is 10.8. The lowest BCUT2D eigenvalue weighted by Crippen LogP contribution is -2.00. The van der Waals surface area contributed by atoms with E-state index in [2.05, 4.69) is 39.5 Å². The smallest absolute Gasteiger partial charge is 0.160 e. The van der Waals surface area contributed by atoms with Gasteiger partial charge in [0.15, 0.2) is 5.82 Å². The number of aromatic nitrogens is 4. The van der Waals surface area contributed by atoms with Crippen molar-refractivity contribution in [1.29, 1.82) is 0 Å². The maximum Gasteiger partial charge on any atom is 0.160 e. The minimum Gasteiger partial charge on any atom is -0.287 e. The molecule has 0 aliphatic carbocycles. The Bertz CT molecular complexity index is 748. The third-order valence-electron chi connectivity index (χ3n) is 3.14. The van der Waals surface area contributed by atoms with E-state index in [9.17, 15) is 0 Å². The minimum atomic E-state index is 0.791. The normalized spacial score (nSPS) is 11.1. The van der Waals surface area contributed by atoms with E-state index in [1.54, 1.807) is 18.0 Å². The molecule has 3 rings (SSSR count). The molecule has 3 aromatic rings. The van der Waals surface area contributed by atoms with Gasteiger partial charge < -0.3 is 0 Å². The van der Waals surface area contributed by atoms with Crippen LogP contribution in [0.3, 0.4) is 0 Å². The second-order valence-electron chi connectivity index (χ2n) is 4.70. The number of nitrogens with zero attached hydrogens (tertiary/aromatic N) is 4. The predicted octanol–water partition coefficient (Wildman–Crippen LogP) is 3.78. The number of benzene rings is 1. The van der Waals surface area contributed by atoms with Gasteiger partial charge in [0.05, 0.1) is 0 Å². The molecule has 0 unspecified atom stereocenters. The third-order valence-corrected chi connectivity index (χ3v) is 4.01. The van der Waals surface area contributed by atoms with Crippen LogP contribution in [0.2, 0.25) is 0 Å². The second kappa shape index (κ2) is 7.04.